The molecule has 0 radical (unpaired) electrons. The number of anilines is 2. The lowest BCUT2D eigenvalue weighted by molar-refractivity contribution is 0.240. The van der Waals surface area contributed by atoms with Crippen molar-refractivity contribution in [3.05, 3.63) is 94.5 Å². The number of benzene rings is 3. The maximum atomic E-state index is 13.2. The Kier molecular flexibility index (Phi) is 6.18. The predicted molar refractivity (Wildman–Crippen MR) is 148 cm³/mol. The maximum absolute atomic E-state index is 13.2. The molecule has 0 spiro atoms. The zero-order chi connectivity index (χ0) is 24.9. The summed E-state index contributed by atoms with van der Waals surface area (Å²) < 4.78 is 35.1. The molecule has 3 aliphatic rings. The third-order valence-corrected chi connectivity index (χ3v) is 10.2. The molecule has 0 amide bonds. The quantitative estimate of drug-likeness (QED) is 0.339. The van der Waals surface area contributed by atoms with Gasteiger partial charge in [0.15, 0.2) is 0 Å². The first kappa shape index (κ1) is 23.8. The summed E-state index contributed by atoms with van der Waals surface area (Å²) in [4.78, 5) is 0.243. The number of nitrogens with one attached hydrogen (secondary N) is 2. The van der Waals surface area contributed by atoms with E-state index in [1.807, 2.05) is 24.8 Å². The molecule has 0 saturated carbocycles. The SMILES string of the molecule is Cc1ccc(NS(=O)(=O)c2ccc3c(c2)[C@H]2C=CC[C@H]2[C@@H](c2ccc(OC4CSC4)cc2)N3)cc1Cl. The Balaban J connectivity index is 1.26. The van der Waals surface area contributed by atoms with Crippen molar-refractivity contribution in [2.45, 2.75) is 36.3 Å². The fourth-order valence-corrected chi connectivity index (χ4v) is 7.00. The molecule has 6 rings (SSSR count). The molecule has 8 heteroatoms. The minimum atomic E-state index is -3.76. The molecular weight excluding hydrogens is 512 g/mol. The van der Waals surface area contributed by atoms with Gasteiger partial charge in [0.25, 0.3) is 10.0 Å². The van der Waals surface area contributed by atoms with Crippen molar-refractivity contribution in [3.8, 4) is 5.75 Å². The van der Waals surface area contributed by atoms with Crippen LogP contribution in [0.2, 0.25) is 5.02 Å². The van der Waals surface area contributed by atoms with Crippen molar-refractivity contribution in [1.82, 2.24) is 0 Å². The molecule has 2 aliphatic heterocycles. The maximum Gasteiger partial charge on any atom is 0.261 e. The first-order valence-electron chi connectivity index (χ1n) is 12.1. The predicted octanol–water partition coefficient (Wildman–Crippen LogP) is 6.77. The van der Waals surface area contributed by atoms with Crippen LogP contribution in [0.5, 0.6) is 5.75 Å². The van der Waals surface area contributed by atoms with Gasteiger partial charge in [-0.1, -0.05) is 42.0 Å². The third-order valence-electron chi connectivity index (χ3n) is 7.22. The molecule has 3 aromatic rings. The van der Waals surface area contributed by atoms with E-state index in [0.29, 0.717) is 22.7 Å². The molecule has 1 saturated heterocycles. The lowest BCUT2D eigenvalue weighted by Gasteiger charge is -2.38. The van der Waals surface area contributed by atoms with Crippen molar-refractivity contribution in [1.29, 1.82) is 0 Å². The van der Waals surface area contributed by atoms with E-state index in [1.54, 1.807) is 30.3 Å². The second kappa shape index (κ2) is 9.36. The summed E-state index contributed by atoms with van der Waals surface area (Å²) >= 11 is 8.10. The van der Waals surface area contributed by atoms with Crippen molar-refractivity contribution in [3.63, 3.8) is 0 Å². The van der Waals surface area contributed by atoms with Gasteiger partial charge >= 0.3 is 0 Å². The number of hydrogen-bond donors (Lipinski definition) is 2. The van der Waals surface area contributed by atoms with Gasteiger partial charge in [-0.25, -0.2) is 8.42 Å². The summed E-state index contributed by atoms with van der Waals surface area (Å²) in [6, 6.07) is 19.1. The standard InChI is InChI=1S/C28H27ClN2O3S2/c1-17-5-8-19(13-26(17)29)31-36(32,33)22-11-12-27-25(14-22)23-3-2-4-24(23)28(30-27)18-6-9-20(10-7-18)34-21-15-35-16-21/h2-3,5-14,21,23-24,28,30-31H,4,15-16H2,1H3/t23-,24+,28+/m0/s1. The first-order valence-corrected chi connectivity index (χ1v) is 15.1. The minimum Gasteiger partial charge on any atom is -0.489 e. The largest absolute Gasteiger partial charge is 0.489 e. The van der Waals surface area contributed by atoms with Gasteiger partial charge in [0.1, 0.15) is 11.9 Å². The second-order valence-electron chi connectivity index (χ2n) is 9.64. The molecule has 3 atom stereocenters. The Morgan fingerprint density at radius 2 is 1.86 bits per heavy atom. The van der Waals surface area contributed by atoms with Crippen molar-refractivity contribution in [2.24, 2.45) is 5.92 Å². The fourth-order valence-electron chi connectivity index (χ4n) is 5.17. The zero-order valence-corrected chi connectivity index (χ0v) is 22.2. The highest BCUT2D eigenvalue weighted by molar-refractivity contribution is 8.00. The Hall–Kier alpha value is -2.61. The van der Waals surface area contributed by atoms with Crippen molar-refractivity contribution in [2.75, 3.05) is 21.5 Å². The van der Waals surface area contributed by atoms with E-state index in [-0.39, 0.29) is 16.9 Å². The summed E-state index contributed by atoms with van der Waals surface area (Å²) in [6.45, 7) is 1.88. The number of ether oxygens (including phenoxy) is 1. The molecule has 2 heterocycles. The van der Waals surface area contributed by atoms with Crippen LogP contribution in [0.1, 0.15) is 35.1 Å². The lowest BCUT2D eigenvalue weighted by atomic mass is 9.77. The Bertz CT molecular complexity index is 1440. The number of sulfonamides is 1. The second-order valence-corrected chi connectivity index (χ2v) is 12.8. The number of hydrogen-bond acceptors (Lipinski definition) is 5. The highest BCUT2D eigenvalue weighted by atomic mass is 35.5. The molecule has 186 valence electrons. The highest BCUT2D eigenvalue weighted by Gasteiger charge is 2.38. The van der Waals surface area contributed by atoms with Crippen LogP contribution in [0.4, 0.5) is 11.4 Å². The Morgan fingerprint density at radius 3 is 2.58 bits per heavy atom. The molecule has 5 nitrogen and oxygen atoms in total. The van der Waals surface area contributed by atoms with Crippen LogP contribution in [0.25, 0.3) is 0 Å². The van der Waals surface area contributed by atoms with E-state index in [2.05, 4.69) is 46.5 Å². The molecule has 1 aliphatic carbocycles. The fraction of sp³-hybridized carbons (Fsp3) is 0.286. The summed E-state index contributed by atoms with van der Waals surface area (Å²) in [5.41, 5.74) is 4.54. The molecule has 0 aromatic heterocycles. The molecule has 1 fully saturated rings. The number of thioether (sulfide) groups is 1. The summed E-state index contributed by atoms with van der Waals surface area (Å²) in [5, 5.41) is 4.22. The van der Waals surface area contributed by atoms with Crippen LogP contribution in [0, 0.1) is 12.8 Å². The Labute approximate surface area is 221 Å². The Morgan fingerprint density at radius 1 is 1.06 bits per heavy atom. The molecule has 0 unspecified atom stereocenters. The van der Waals surface area contributed by atoms with Crippen LogP contribution in [-0.4, -0.2) is 26.0 Å². The number of rotatable bonds is 6. The van der Waals surface area contributed by atoms with Gasteiger partial charge in [-0.2, -0.15) is 11.8 Å². The van der Waals surface area contributed by atoms with Crippen LogP contribution in [0.15, 0.2) is 77.7 Å². The lowest BCUT2D eigenvalue weighted by Crippen LogP contribution is -2.31. The normalized spacial score (nSPS) is 22.8. The van der Waals surface area contributed by atoms with Crippen LogP contribution >= 0.6 is 23.4 Å². The van der Waals surface area contributed by atoms with Crippen LogP contribution in [0.3, 0.4) is 0 Å². The molecule has 3 aromatic carbocycles. The number of halogens is 1. The summed E-state index contributed by atoms with van der Waals surface area (Å²) in [6.07, 6.45) is 5.69. The molecule has 0 bridgehead atoms. The van der Waals surface area contributed by atoms with E-state index in [0.717, 1.165) is 40.5 Å². The van der Waals surface area contributed by atoms with Crippen molar-refractivity contribution < 1.29 is 13.2 Å². The minimum absolute atomic E-state index is 0.140. The third kappa shape index (κ3) is 4.49. The number of aryl methyl sites for hydroxylation is 1. The van der Waals surface area contributed by atoms with E-state index in [4.69, 9.17) is 16.3 Å². The first-order chi connectivity index (χ1) is 17.4. The average Bonchev–Trinajstić information content (AvgIpc) is 3.34. The van der Waals surface area contributed by atoms with E-state index >= 15 is 0 Å². The molecular formula is C28H27ClN2O3S2. The van der Waals surface area contributed by atoms with Crippen LogP contribution in [-0.2, 0) is 10.0 Å². The average molecular weight is 539 g/mol. The number of allylic oxidation sites excluding steroid dienone is 2. The van der Waals surface area contributed by atoms with Gasteiger partial charge in [-0.15, -0.1) is 0 Å². The molecule has 2 N–H and O–H groups in total. The van der Waals surface area contributed by atoms with Gasteiger partial charge < -0.3 is 10.1 Å². The zero-order valence-electron chi connectivity index (χ0n) is 19.8. The van der Waals surface area contributed by atoms with Crippen molar-refractivity contribution >= 4 is 44.8 Å². The van der Waals surface area contributed by atoms with Gasteiger partial charge in [0.05, 0.1) is 16.6 Å². The monoisotopic (exact) mass is 538 g/mol. The van der Waals surface area contributed by atoms with E-state index in [9.17, 15) is 8.42 Å². The van der Waals surface area contributed by atoms with Gasteiger partial charge in [-0.05, 0) is 78.4 Å². The highest BCUT2D eigenvalue weighted by Crippen LogP contribution is 2.50. The van der Waals surface area contributed by atoms with Gasteiger partial charge in [0, 0.05) is 28.1 Å². The topological polar surface area (TPSA) is 67.4 Å². The van der Waals surface area contributed by atoms with E-state index < -0.39 is 10.0 Å². The smallest absolute Gasteiger partial charge is 0.261 e. The molecule has 36 heavy (non-hydrogen) atoms. The summed E-state index contributed by atoms with van der Waals surface area (Å²) in [5.74, 6) is 3.50. The van der Waals surface area contributed by atoms with Gasteiger partial charge in [0.2, 0.25) is 0 Å². The van der Waals surface area contributed by atoms with Crippen LogP contribution < -0.4 is 14.8 Å². The number of fused-ring (bicyclic) bond motifs is 3. The van der Waals surface area contributed by atoms with Gasteiger partial charge in [-0.3, -0.25) is 4.72 Å². The summed E-state index contributed by atoms with van der Waals surface area (Å²) in [7, 11) is -3.76. The van der Waals surface area contributed by atoms with E-state index in [1.165, 1.54) is 5.56 Å².